The van der Waals surface area contributed by atoms with Crippen LogP contribution in [-0.4, -0.2) is 10.2 Å². The van der Waals surface area contributed by atoms with E-state index in [1.165, 1.54) is 12.1 Å². The smallest absolute Gasteiger partial charge is 0.379 e. The standard InChI is InChI=1S/C23H18F3N3/c24-23(25,26)21-12-5-4-11-20(21)17-9-6-10-18(13-17)27-15-19-14-22(29-28-19)16-7-2-1-3-8-16/h1-14,27H,15H2,(H,28,29). The normalized spacial score (nSPS) is 11.4. The molecule has 4 aromatic rings. The van der Waals surface area contributed by atoms with Gasteiger partial charge < -0.3 is 5.32 Å². The summed E-state index contributed by atoms with van der Waals surface area (Å²) in [7, 11) is 0. The summed E-state index contributed by atoms with van der Waals surface area (Å²) in [6.07, 6.45) is -4.40. The van der Waals surface area contributed by atoms with E-state index in [-0.39, 0.29) is 5.56 Å². The van der Waals surface area contributed by atoms with Crippen LogP contribution in [0.1, 0.15) is 11.3 Å². The lowest BCUT2D eigenvalue weighted by atomic mass is 9.99. The molecular weight excluding hydrogens is 375 g/mol. The van der Waals surface area contributed by atoms with Crippen LogP contribution in [0, 0.1) is 0 Å². The van der Waals surface area contributed by atoms with Crippen LogP contribution in [0.25, 0.3) is 22.4 Å². The highest BCUT2D eigenvalue weighted by molar-refractivity contribution is 5.71. The summed E-state index contributed by atoms with van der Waals surface area (Å²) >= 11 is 0. The van der Waals surface area contributed by atoms with Gasteiger partial charge in [-0.25, -0.2) is 0 Å². The van der Waals surface area contributed by atoms with Crippen LogP contribution in [0.15, 0.2) is 84.9 Å². The van der Waals surface area contributed by atoms with E-state index in [4.69, 9.17) is 0 Å². The molecule has 0 saturated carbocycles. The molecule has 1 heterocycles. The summed E-state index contributed by atoms with van der Waals surface area (Å²) in [4.78, 5) is 0. The maximum Gasteiger partial charge on any atom is 0.417 e. The number of nitrogens with one attached hydrogen (secondary N) is 2. The Bertz CT molecular complexity index is 1100. The van der Waals surface area contributed by atoms with Gasteiger partial charge in [0.1, 0.15) is 0 Å². The lowest BCUT2D eigenvalue weighted by molar-refractivity contribution is -0.137. The minimum atomic E-state index is -4.40. The Hall–Kier alpha value is -3.54. The number of nitrogens with zero attached hydrogens (tertiary/aromatic N) is 1. The molecule has 0 fully saturated rings. The quantitative estimate of drug-likeness (QED) is 0.413. The van der Waals surface area contributed by atoms with E-state index in [9.17, 15) is 13.2 Å². The van der Waals surface area contributed by atoms with E-state index < -0.39 is 11.7 Å². The van der Waals surface area contributed by atoms with E-state index in [1.54, 1.807) is 24.3 Å². The number of H-pyrrole nitrogens is 1. The van der Waals surface area contributed by atoms with Gasteiger partial charge in [0.2, 0.25) is 0 Å². The van der Waals surface area contributed by atoms with E-state index in [0.717, 1.165) is 28.7 Å². The third-order valence-electron chi connectivity index (χ3n) is 4.59. The van der Waals surface area contributed by atoms with Gasteiger partial charge in [-0.3, -0.25) is 5.10 Å². The lowest BCUT2D eigenvalue weighted by Gasteiger charge is -2.14. The molecule has 3 nitrogen and oxygen atoms in total. The molecule has 0 aliphatic heterocycles. The van der Waals surface area contributed by atoms with Crippen molar-refractivity contribution >= 4 is 5.69 Å². The summed E-state index contributed by atoms with van der Waals surface area (Å²) in [5.41, 5.74) is 3.50. The Morgan fingerprint density at radius 3 is 2.31 bits per heavy atom. The van der Waals surface area contributed by atoms with Gasteiger partial charge >= 0.3 is 6.18 Å². The topological polar surface area (TPSA) is 40.7 Å². The van der Waals surface area contributed by atoms with Gasteiger partial charge in [-0.05, 0) is 35.4 Å². The predicted molar refractivity (Wildman–Crippen MR) is 108 cm³/mol. The zero-order chi connectivity index (χ0) is 20.3. The molecule has 0 spiro atoms. The van der Waals surface area contributed by atoms with Crippen LogP contribution in [0.4, 0.5) is 18.9 Å². The molecule has 2 N–H and O–H groups in total. The first-order valence-corrected chi connectivity index (χ1v) is 9.11. The molecule has 1 aromatic heterocycles. The first-order chi connectivity index (χ1) is 14.0. The first kappa shape index (κ1) is 18.8. The van der Waals surface area contributed by atoms with Gasteiger partial charge in [0.05, 0.1) is 23.5 Å². The van der Waals surface area contributed by atoms with E-state index in [2.05, 4.69) is 15.5 Å². The molecule has 4 rings (SSSR count). The van der Waals surface area contributed by atoms with Crippen molar-refractivity contribution in [2.24, 2.45) is 0 Å². The van der Waals surface area contributed by atoms with Crippen molar-refractivity contribution in [2.45, 2.75) is 12.7 Å². The van der Waals surface area contributed by atoms with E-state index >= 15 is 0 Å². The SMILES string of the molecule is FC(F)(F)c1ccccc1-c1cccc(NCc2cc(-c3ccccc3)n[nH]2)c1. The number of halogens is 3. The molecule has 0 amide bonds. The third kappa shape index (κ3) is 4.32. The number of aromatic nitrogens is 2. The Balaban J connectivity index is 1.52. The Kier molecular flexibility index (Phi) is 5.08. The van der Waals surface area contributed by atoms with Crippen LogP contribution >= 0.6 is 0 Å². The molecular formula is C23H18F3N3. The average Bonchev–Trinajstić information content (AvgIpc) is 3.22. The molecule has 0 atom stereocenters. The second-order valence-corrected chi connectivity index (χ2v) is 6.62. The van der Waals surface area contributed by atoms with Crippen LogP contribution < -0.4 is 5.32 Å². The van der Waals surface area contributed by atoms with Crippen LogP contribution in [0.5, 0.6) is 0 Å². The summed E-state index contributed by atoms with van der Waals surface area (Å²) in [5, 5.41) is 10.5. The average molecular weight is 393 g/mol. The largest absolute Gasteiger partial charge is 0.417 e. The Morgan fingerprint density at radius 2 is 1.52 bits per heavy atom. The lowest BCUT2D eigenvalue weighted by Crippen LogP contribution is -2.07. The molecule has 146 valence electrons. The minimum absolute atomic E-state index is 0.163. The number of aromatic amines is 1. The van der Waals surface area contributed by atoms with Crippen LogP contribution in [0.2, 0.25) is 0 Å². The zero-order valence-electron chi connectivity index (χ0n) is 15.4. The molecule has 0 radical (unpaired) electrons. The maximum atomic E-state index is 13.3. The van der Waals surface area contributed by atoms with Gasteiger partial charge in [-0.1, -0.05) is 60.7 Å². The Labute approximate surface area is 166 Å². The summed E-state index contributed by atoms with van der Waals surface area (Å²) < 4.78 is 40.0. The van der Waals surface area contributed by atoms with Crippen molar-refractivity contribution in [3.63, 3.8) is 0 Å². The number of benzene rings is 3. The van der Waals surface area contributed by atoms with Crippen molar-refractivity contribution in [3.05, 3.63) is 96.2 Å². The highest BCUT2D eigenvalue weighted by Crippen LogP contribution is 2.37. The predicted octanol–water partition coefficient (Wildman–Crippen LogP) is 6.37. The molecule has 3 aromatic carbocycles. The molecule has 0 aliphatic carbocycles. The van der Waals surface area contributed by atoms with Crippen molar-refractivity contribution < 1.29 is 13.2 Å². The number of rotatable bonds is 5. The monoisotopic (exact) mass is 393 g/mol. The van der Waals surface area contributed by atoms with Crippen molar-refractivity contribution in [1.29, 1.82) is 0 Å². The highest BCUT2D eigenvalue weighted by Gasteiger charge is 2.33. The summed E-state index contributed by atoms with van der Waals surface area (Å²) in [5.74, 6) is 0. The van der Waals surface area contributed by atoms with Gasteiger partial charge in [0, 0.05) is 11.3 Å². The van der Waals surface area contributed by atoms with Gasteiger partial charge in [-0.2, -0.15) is 18.3 Å². The molecule has 0 saturated heterocycles. The van der Waals surface area contributed by atoms with Gasteiger partial charge in [0.25, 0.3) is 0 Å². The van der Waals surface area contributed by atoms with Gasteiger partial charge in [-0.15, -0.1) is 0 Å². The minimum Gasteiger partial charge on any atom is -0.379 e. The maximum absolute atomic E-state index is 13.3. The highest BCUT2D eigenvalue weighted by atomic mass is 19.4. The van der Waals surface area contributed by atoms with E-state index in [0.29, 0.717) is 12.1 Å². The fourth-order valence-electron chi connectivity index (χ4n) is 3.18. The number of hydrogen-bond acceptors (Lipinski definition) is 2. The van der Waals surface area contributed by atoms with Crippen LogP contribution in [-0.2, 0) is 12.7 Å². The molecule has 29 heavy (non-hydrogen) atoms. The van der Waals surface area contributed by atoms with Gasteiger partial charge in [0.15, 0.2) is 0 Å². The number of hydrogen-bond donors (Lipinski definition) is 2. The number of alkyl halides is 3. The van der Waals surface area contributed by atoms with Crippen molar-refractivity contribution in [3.8, 4) is 22.4 Å². The zero-order valence-corrected chi connectivity index (χ0v) is 15.4. The molecule has 6 heteroatoms. The third-order valence-corrected chi connectivity index (χ3v) is 4.59. The van der Waals surface area contributed by atoms with E-state index in [1.807, 2.05) is 42.5 Å². The fourth-order valence-corrected chi connectivity index (χ4v) is 3.18. The van der Waals surface area contributed by atoms with Crippen molar-refractivity contribution in [2.75, 3.05) is 5.32 Å². The molecule has 0 aliphatic rings. The van der Waals surface area contributed by atoms with Crippen LogP contribution in [0.3, 0.4) is 0 Å². The fraction of sp³-hybridized carbons (Fsp3) is 0.0870. The summed E-state index contributed by atoms with van der Waals surface area (Å²) in [6, 6.07) is 24.3. The molecule has 0 unspecified atom stereocenters. The second kappa shape index (κ2) is 7.83. The summed E-state index contributed by atoms with van der Waals surface area (Å²) in [6.45, 7) is 0.476. The first-order valence-electron chi connectivity index (χ1n) is 9.11. The second-order valence-electron chi connectivity index (χ2n) is 6.62. The van der Waals surface area contributed by atoms with Crippen molar-refractivity contribution in [1.82, 2.24) is 10.2 Å². The Morgan fingerprint density at radius 1 is 0.793 bits per heavy atom. The number of anilines is 1. The molecule has 0 bridgehead atoms.